The van der Waals surface area contributed by atoms with Crippen molar-refractivity contribution in [1.29, 1.82) is 0 Å². The van der Waals surface area contributed by atoms with Crippen LogP contribution in [0, 0.1) is 6.92 Å². The van der Waals surface area contributed by atoms with E-state index in [1.165, 1.54) is 27.3 Å². The molecule has 9 nitrogen and oxygen atoms in total. The SMILES string of the molecule is COc1ncc(-c2c(-c3ccccc3Cl)nn3c(=O)n(CC(F)(F)F)c(C)nc23)c(OC)n1. The van der Waals surface area contributed by atoms with E-state index in [2.05, 4.69) is 20.1 Å². The molecular formula is C20H16ClF3N6O3. The van der Waals surface area contributed by atoms with E-state index in [1.807, 2.05) is 0 Å². The highest BCUT2D eigenvalue weighted by atomic mass is 35.5. The van der Waals surface area contributed by atoms with Gasteiger partial charge in [-0.15, -0.1) is 0 Å². The molecule has 0 bridgehead atoms. The van der Waals surface area contributed by atoms with Crippen molar-refractivity contribution in [2.24, 2.45) is 0 Å². The average molecular weight is 481 g/mol. The molecule has 0 aliphatic carbocycles. The summed E-state index contributed by atoms with van der Waals surface area (Å²) in [6.45, 7) is -0.201. The molecule has 0 fully saturated rings. The van der Waals surface area contributed by atoms with Crippen LogP contribution in [0.5, 0.6) is 11.9 Å². The fourth-order valence-corrected chi connectivity index (χ4v) is 3.56. The van der Waals surface area contributed by atoms with Gasteiger partial charge in [0.1, 0.15) is 18.1 Å². The molecule has 1 aromatic carbocycles. The second-order valence-corrected chi connectivity index (χ2v) is 7.27. The van der Waals surface area contributed by atoms with E-state index >= 15 is 0 Å². The molecule has 0 atom stereocenters. The van der Waals surface area contributed by atoms with Crippen LogP contribution in [-0.4, -0.2) is 49.5 Å². The van der Waals surface area contributed by atoms with Crippen LogP contribution in [-0.2, 0) is 6.54 Å². The minimum Gasteiger partial charge on any atom is -0.480 e. The number of aromatic nitrogens is 6. The average Bonchev–Trinajstić information content (AvgIpc) is 3.14. The molecule has 33 heavy (non-hydrogen) atoms. The molecule has 0 aliphatic rings. The third-order valence-electron chi connectivity index (χ3n) is 4.77. The van der Waals surface area contributed by atoms with Crippen molar-refractivity contribution in [2.75, 3.05) is 14.2 Å². The predicted octanol–water partition coefficient (Wildman–Crippen LogP) is 3.56. The summed E-state index contributed by atoms with van der Waals surface area (Å²) in [5.41, 5.74) is 0.170. The van der Waals surface area contributed by atoms with Gasteiger partial charge in [0.05, 0.1) is 30.4 Å². The van der Waals surface area contributed by atoms with Crippen molar-refractivity contribution >= 4 is 17.2 Å². The molecule has 3 aromatic heterocycles. The maximum absolute atomic E-state index is 13.1. The van der Waals surface area contributed by atoms with Crippen LogP contribution in [0.2, 0.25) is 5.02 Å². The van der Waals surface area contributed by atoms with E-state index in [1.54, 1.807) is 24.3 Å². The summed E-state index contributed by atoms with van der Waals surface area (Å²) in [6.07, 6.45) is -3.24. The molecule has 0 saturated heterocycles. The van der Waals surface area contributed by atoms with E-state index < -0.39 is 18.4 Å². The molecule has 13 heteroatoms. The number of alkyl halides is 3. The monoisotopic (exact) mass is 480 g/mol. The lowest BCUT2D eigenvalue weighted by Crippen LogP contribution is -2.35. The summed E-state index contributed by atoms with van der Waals surface area (Å²) in [7, 11) is 2.76. The molecule has 3 heterocycles. The van der Waals surface area contributed by atoms with Crippen LogP contribution >= 0.6 is 11.6 Å². The van der Waals surface area contributed by atoms with Gasteiger partial charge in [-0.1, -0.05) is 29.8 Å². The number of nitrogens with zero attached hydrogens (tertiary/aromatic N) is 6. The lowest BCUT2D eigenvalue weighted by atomic mass is 10.0. The van der Waals surface area contributed by atoms with E-state index in [-0.39, 0.29) is 34.6 Å². The topological polar surface area (TPSA) is 96.4 Å². The summed E-state index contributed by atoms with van der Waals surface area (Å²) in [5.74, 6) is -0.0611. The molecule has 0 amide bonds. The highest BCUT2D eigenvalue weighted by molar-refractivity contribution is 6.33. The highest BCUT2D eigenvalue weighted by Gasteiger charge is 2.31. The first-order chi connectivity index (χ1) is 15.6. The molecular weight excluding hydrogens is 465 g/mol. The van der Waals surface area contributed by atoms with E-state index in [0.29, 0.717) is 20.7 Å². The fourth-order valence-electron chi connectivity index (χ4n) is 3.34. The Morgan fingerprint density at radius 2 is 1.82 bits per heavy atom. The van der Waals surface area contributed by atoms with Gasteiger partial charge in [0.15, 0.2) is 5.65 Å². The number of methoxy groups -OCH3 is 2. The van der Waals surface area contributed by atoms with Gasteiger partial charge in [-0.25, -0.2) is 14.8 Å². The van der Waals surface area contributed by atoms with Gasteiger partial charge in [0.25, 0.3) is 0 Å². The number of rotatable bonds is 5. The van der Waals surface area contributed by atoms with Gasteiger partial charge in [-0.05, 0) is 13.0 Å². The van der Waals surface area contributed by atoms with Gasteiger partial charge in [-0.3, -0.25) is 4.57 Å². The van der Waals surface area contributed by atoms with Crippen LogP contribution in [0.15, 0.2) is 35.3 Å². The minimum absolute atomic E-state index is 0.00193. The maximum Gasteiger partial charge on any atom is 0.406 e. The first-order valence-electron chi connectivity index (χ1n) is 9.41. The number of hydrogen-bond donors (Lipinski definition) is 0. The number of ether oxygens (including phenoxy) is 2. The summed E-state index contributed by atoms with van der Waals surface area (Å²) in [4.78, 5) is 25.5. The number of benzene rings is 1. The lowest BCUT2D eigenvalue weighted by Gasteiger charge is -2.12. The Morgan fingerprint density at radius 1 is 1.09 bits per heavy atom. The number of aryl methyl sites for hydroxylation is 1. The first-order valence-corrected chi connectivity index (χ1v) is 9.79. The summed E-state index contributed by atoms with van der Waals surface area (Å²) < 4.78 is 50.9. The Labute approximate surface area is 189 Å². The van der Waals surface area contributed by atoms with Crippen LogP contribution in [0.4, 0.5) is 13.2 Å². The Hall–Kier alpha value is -3.67. The Bertz CT molecular complexity index is 1420. The molecule has 172 valence electrons. The fraction of sp³-hybridized carbons (Fsp3) is 0.250. The number of hydrogen-bond acceptors (Lipinski definition) is 7. The van der Waals surface area contributed by atoms with Gasteiger partial charge < -0.3 is 9.47 Å². The molecule has 0 N–H and O–H groups in total. The standard InChI is InChI=1S/C20H16ClF3N6O3/c1-10-26-16-14(12-8-25-18(33-3)27-17(12)32-2)15(11-6-4-5-7-13(11)21)28-30(16)19(31)29(10)9-20(22,23)24/h4-8H,9H2,1-3H3. The van der Waals surface area contributed by atoms with Crippen LogP contribution in [0.3, 0.4) is 0 Å². The normalized spacial score (nSPS) is 11.7. The van der Waals surface area contributed by atoms with Gasteiger partial charge in [0, 0.05) is 11.8 Å². The summed E-state index contributed by atoms with van der Waals surface area (Å²) in [5, 5.41) is 4.60. The van der Waals surface area contributed by atoms with Crippen molar-refractivity contribution < 1.29 is 22.6 Å². The minimum atomic E-state index is -4.63. The molecule has 4 rings (SSSR count). The van der Waals surface area contributed by atoms with Crippen molar-refractivity contribution in [3.05, 3.63) is 51.8 Å². The van der Waals surface area contributed by atoms with E-state index in [0.717, 1.165) is 4.52 Å². The third-order valence-corrected chi connectivity index (χ3v) is 5.10. The van der Waals surface area contributed by atoms with Gasteiger partial charge in [0.2, 0.25) is 5.88 Å². The maximum atomic E-state index is 13.1. The third kappa shape index (κ3) is 4.09. The molecule has 0 unspecified atom stereocenters. The lowest BCUT2D eigenvalue weighted by molar-refractivity contribution is -0.141. The Balaban J connectivity index is 2.11. The number of fused-ring (bicyclic) bond motifs is 1. The highest BCUT2D eigenvalue weighted by Crippen LogP contribution is 2.40. The van der Waals surface area contributed by atoms with E-state index in [9.17, 15) is 18.0 Å². The van der Waals surface area contributed by atoms with Crippen LogP contribution in [0.25, 0.3) is 28.0 Å². The zero-order valence-corrected chi connectivity index (χ0v) is 18.3. The largest absolute Gasteiger partial charge is 0.480 e. The first kappa shape index (κ1) is 22.5. The van der Waals surface area contributed by atoms with Crippen molar-refractivity contribution in [3.63, 3.8) is 0 Å². The van der Waals surface area contributed by atoms with Gasteiger partial charge >= 0.3 is 17.9 Å². The second kappa shape index (κ2) is 8.35. The van der Waals surface area contributed by atoms with Crippen LogP contribution < -0.4 is 15.2 Å². The predicted molar refractivity (Wildman–Crippen MR) is 113 cm³/mol. The van der Waals surface area contributed by atoms with Crippen molar-refractivity contribution in [1.82, 2.24) is 29.1 Å². The van der Waals surface area contributed by atoms with Crippen LogP contribution in [0.1, 0.15) is 5.82 Å². The van der Waals surface area contributed by atoms with Crippen molar-refractivity contribution in [3.8, 4) is 34.3 Å². The summed E-state index contributed by atoms with van der Waals surface area (Å²) in [6, 6.07) is 6.72. The zero-order valence-electron chi connectivity index (χ0n) is 17.5. The Kier molecular flexibility index (Phi) is 5.70. The second-order valence-electron chi connectivity index (χ2n) is 6.86. The molecule has 0 spiro atoms. The quantitative estimate of drug-likeness (QED) is 0.431. The molecule has 0 saturated carbocycles. The number of halogens is 4. The zero-order chi connectivity index (χ0) is 23.9. The Morgan fingerprint density at radius 3 is 2.45 bits per heavy atom. The smallest absolute Gasteiger partial charge is 0.406 e. The van der Waals surface area contributed by atoms with E-state index in [4.69, 9.17) is 21.1 Å². The van der Waals surface area contributed by atoms with Crippen molar-refractivity contribution in [2.45, 2.75) is 19.6 Å². The molecule has 0 aliphatic heterocycles. The molecule has 4 aromatic rings. The molecule has 0 radical (unpaired) electrons. The van der Waals surface area contributed by atoms with Gasteiger partial charge in [-0.2, -0.15) is 27.8 Å². The summed E-state index contributed by atoms with van der Waals surface area (Å²) >= 11 is 6.37.